The predicted octanol–water partition coefficient (Wildman–Crippen LogP) is 3.84. The van der Waals surface area contributed by atoms with Gasteiger partial charge in [-0.15, -0.1) is 0 Å². The molecular formula is C17H18BrNO3. The van der Waals surface area contributed by atoms with Gasteiger partial charge in [0.2, 0.25) is 0 Å². The average molecular weight is 364 g/mol. The molecule has 0 aliphatic heterocycles. The highest BCUT2D eigenvalue weighted by molar-refractivity contribution is 9.10. The standard InChI is InChI=1S/C17H18BrNO3/c1-11-10-13(20)6-8-14(11)22-17-15(21-2)7-5-12(16(17)18)4-3-9-19/h3-5,7,10,13-14,20H,6,8H2,1-2H3/b4-3+. The summed E-state index contributed by atoms with van der Waals surface area (Å²) in [7, 11) is 1.59. The molecule has 0 saturated heterocycles. The van der Waals surface area contributed by atoms with Gasteiger partial charge in [-0.25, -0.2) is 0 Å². The van der Waals surface area contributed by atoms with E-state index in [9.17, 15) is 5.11 Å². The lowest BCUT2D eigenvalue weighted by Crippen LogP contribution is -2.26. The molecule has 4 nitrogen and oxygen atoms in total. The van der Waals surface area contributed by atoms with Gasteiger partial charge in [-0.1, -0.05) is 6.08 Å². The lowest BCUT2D eigenvalue weighted by atomic mass is 9.95. The third kappa shape index (κ3) is 3.70. The van der Waals surface area contributed by atoms with Crippen molar-refractivity contribution in [3.63, 3.8) is 0 Å². The number of nitrogens with zero attached hydrogens (tertiary/aromatic N) is 1. The summed E-state index contributed by atoms with van der Waals surface area (Å²) in [6, 6.07) is 5.65. The lowest BCUT2D eigenvalue weighted by Gasteiger charge is -2.27. The first kappa shape index (κ1) is 16.6. The van der Waals surface area contributed by atoms with Crippen molar-refractivity contribution in [2.24, 2.45) is 0 Å². The highest BCUT2D eigenvalue weighted by atomic mass is 79.9. The van der Waals surface area contributed by atoms with Crippen molar-refractivity contribution in [1.29, 1.82) is 5.26 Å². The van der Waals surface area contributed by atoms with Crippen LogP contribution < -0.4 is 9.47 Å². The minimum absolute atomic E-state index is 0.0937. The van der Waals surface area contributed by atoms with Crippen LogP contribution in [-0.2, 0) is 0 Å². The number of allylic oxidation sites excluding steroid dienone is 1. The van der Waals surface area contributed by atoms with E-state index in [1.807, 2.05) is 31.2 Å². The minimum Gasteiger partial charge on any atom is -0.493 e. The number of ether oxygens (including phenoxy) is 2. The third-order valence-corrected chi connectivity index (χ3v) is 4.41. The maximum absolute atomic E-state index is 9.65. The average Bonchev–Trinajstić information content (AvgIpc) is 2.50. The molecule has 0 spiro atoms. The molecule has 1 N–H and O–H groups in total. The number of hydrogen-bond donors (Lipinski definition) is 1. The van der Waals surface area contributed by atoms with Gasteiger partial charge in [-0.3, -0.25) is 0 Å². The Labute approximate surface area is 138 Å². The number of benzene rings is 1. The number of aliphatic hydroxyl groups is 1. The summed E-state index contributed by atoms with van der Waals surface area (Å²) < 4.78 is 12.2. The van der Waals surface area contributed by atoms with Crippen LogP contribution in [0.5, 0.6) is 11.5 Å². The number of nitriles is 1. The summed E-state index contributed by atoms with van der Waals surface area (Å²) in [6.07, 6.45) is 5.89. The fourth-order valence-corrected chi connectivity index (χ4v) is 2.97. The topological polar surface area (TPSA) is 62.5 Å². The van der Waals surface area contributed by atoms with Crippen molar-refractivity contribution in [1.82, 2.24) is 0 Å². The van der Waals surface area contributed by atoms with Crippen LogP contribution in [0.25, 0.3) is 6.08 Å². The molecule has 116 valence electrons. The second-order valence-corrected chi connectivity index (χ2v) is 5.92. The van der Waals surface area contributed by atoms with Gasteiger partial charge in [0.1, 0.15) is 6.10 Å². The maximum atomic E-state index is 9.65. The molecule has 0 heterocycles. The zero-order chi connectivity index (χ0) is 16.1. The van der Waals surface area contributed by atoms with Gasteiger partial charge >= 0.3 is 0 Å². The Morgan fingerprint density at radius 2 is 2.18 bits per heavy atom. The highest BCUT2D eigenvalue weighted by Gasteiger charge is 2.23. The van der Waals surface area contributed by atoms with Crippen LogP contribution >= 0.6 is 15.9 Å². The molecule has 0 saturated carbocycles. The van der Waals surface area contributed by atoms with Crippen LogP contribution in [0.1, 0.15) is 25.3 Å². The van der Waals surface area contributed by atoms with E-state index in [1.165, 1.54) is 6.08 Å². The van der Waals surface area contributed by atoms with Crippen LogP contribution in [0, 0.1) is 11.3 Å². The Morgan fingerprint density at radius 3 is 2.82 bits per heavy atom. The Hall–Kier alpha value is -1.77. The molecule has 0 bridgehead atoms. The molecule has 22 heavy (non-hydrogen) atoms. The van der Waals surface area contributed by atoms with E-state index >= 15 is 0 Å². The van der Waals surface area contributed by atoms with E-state index in [2.05, 4.69) is 15.9 Å². The van der Waals surface area contributed by atoms with Gasteiger partial charge in [0.25, 0.3) is 0 Å². The van der Waals surface area contributed by atoms with Gasteiger partial charge in [-0.05, 0) is 65.0 Å². The van der Waals surface area contributed by atoms with Crippen molar-refractivity contribution in [3.05, 3.63) is 39.9 Å². The van der Waals surface area contributed by atoms with Crippen LogP contribution in [0.3, 0.4) is 0 Å². The van der Waals surface area contributed by atoms with E-state index in [-0.39, 0.29) is 6.10 Å². The smallest absolute Gasteiger partial charge is 0.176 e. The molecule has 2 unspecified atom stereocenters. The summed E-state index contributed by atoms with van der Waals surface area (Å²) in [5.74, 6) is 1.23. The minimum atomic E-state index is -0.393. The summed E-state index contributed by atoms with van der Waals surface area (Å²) in [4.78, 5) is 0. The van der Waals surface area contributed by atoms with Crippen molar-refractivity contribution >= 4 is 22.0 Å². The first-order valence-corrected chi connectivity index (χ1v) is 7.81. The van der Waals surface area contributed by atoms with Gasteiger partial charge in [0.15, 0.2) is 11.5 Å². The summed E-state index contributed by atoms with van der Waals surface area (Å²) in [6.45, 7) is 1.95. The van der Waals surface area contributed by atoms with E-state index < -0.39 is 6.10 Å². The Balaban J connectivity index is 2.35. The van der Waals surface area contributed by atoms with Crippen molar-refractivity contribution in [2.45, 2.75) is 32.0 Å². The Morgan fingerprint density at radius 1 is 1.41 bits per heavy atom. The lowest BCUT2D eigenvalue weighted by molar-refractivity contribution is 0.147. The molecule has 1 aromatic carbocycles. The number of aliphatic hydroxyl groups excluding tert-OH is 1. The normalized spacial score (nSPS) is 21.3. The second kappa shape index (κ2) is 7.48. The van der Waals surface area contributed by atoms with Crippen molar-refractivity contribution in [3.8, 4) is 17.6 Å². The largest absolute Gasteiger partial charge is 0.493 e. The zero-order valence-electron chi connectivity index (χ0n) is 12.5. The van der Waals surface area contributed by atoms with E-state index in [0.29, 0.717) is 17.9 Å². The molecule has 0 radical (unpaired) electrons. The van der Waals surface area contributed by atoms with E-state index in [1.54, 1.807) is 13.2 Å². The quantitative estimate of drug-likeness (QED) is 0.651. The van der Waals surface area contributed by atoms with Gasteiger partial charge in [0, 0.05) is 6.08 Å². The van der Waals surface area contributed by atoms with Gasteiger partial charge in [0.05, 0.1) is 23.8 Å². The summed E-state index contributed by atoms with van der Waals surface area (Å²) in [5, 5.41) is 18.3. The third-order valence-electron chi connectivity index (χ3n) is 3.60. The number of hydrogen-bond acceptors (Lipinski definition) is 4. The van der Waals surface area contributed by atoms with E-state index in [4.69, 9.17) is 14.7 Å². The molecule has 0 amide bonds. The Bertz CT molecular complexity index is 646. The maximum Gasteiger partial charge on any atom is 0.176 e. The fourth-order valence-electron chi connectivity index (χ4n) is 2.42. The van der Waals surface area contributed by atoms with Gasteiger partial charge < -0.3 is 14.6 Å². The van der Waals surface area contributed by atoms with Crippen molar-refractivity contribution < 1.29 is 14.6 Å². The SMILES string of the molecule is COc1ccc(/C=C/C#N)c(Br)c1OC1CCC(O)C=C1C. The van der Waals surface area contributed by atoms with Crippen LogP contribution in [-0.4, -0.2) is 24.4 Å². The monoisotopic (exact) mass is 363 g/mol. The number of methoxy groups -OCH3 is 1. The molecule has 0 aromatic heterocycles. The molecule has 1 aliphatic rings. The zero-order valence-corrected chi connectivity index (χ0v) is 14.1. The molecule has 2 atom stereocenters. The van der Waals surface area contributed by atoms with Crippen LogP contribution in [0.2, 0.25) is 0 Å². The predicted molar refractivity (Wildman–Crippen MR) is 88.8 cm³/mol. The van der Waals surface area contributed by atoms with Crippen molar-refractivity contribution in [2.75, 3.05) is 7.11 Å². The first-order chi connectivity index (χ1) is 10.6. The molecule has 2 rings (SSSR count). The summed E-state index contributed by atoms with van der Waals surface area (Å²) >= 11 is 3.53. The highest BCUT2D eigenvalue weighted by Crippen LogP contribution is 2.40. The number of rotatable bonds is 4. The van der Waals surface area contributed by atoms with Crippen LogP contribution in [0.4, 0.5) is 0 Å². The number of halogens is 1. The molecule has 0 fully saturated rings. The van der Waals surface area contributed by atoms with E-state index in [0.717, 1.165) is 22.0 Å². The fraction of sp³-hybridized carbons (Fsp3) is 0.353. The van der Waals surface area contributed by atoms with Gasteiger partial charge in [-0.2, -0.15) is 5.26 Å². The van der Waals surface area contributed by atoms with Crippen LogP contribution in [0.15, 0.2) is 34.3 Å². The summed E-state index contributed by atoms with van der Waals surface area (Å²) in [5.41, 5.74) is 1.85. The molecular weight excluding hydrogens is 346 g/mol. The second-order valence-electron chi connectivity index (χ2n) is 5.12. The first-order valence-electron chi connectivity index (χ1n) is 7.02. The molecule has 5 heteroatoms. The Kier molecular flexibility index (Phi) is 5.64. The molecule has 1 aliphatic carbocycles. The molecule has 1 aromatic rings.